The molecule has 0 saturated carbocycles. The zero-order chi connectivity index (χ0) is 14.7. The second-order valence-electron chi connectivity index (χ2n) is 5.20. The molecule has 0 saturated heterocycles. The zero-order valence-corrected chi connectivity index (χ0v) is 12.5. The molecule has 2 aromatic carbocycles. The highest BCUT2D eigenvalue weighted by atomic mass is 35.5. The third-order valence-electron chi connectivity index (χ3n) is 3.80. The summed E-state index contributed by atoms with van der Waals surface area (Å²) >= 11 is 6.30. The Kier molecular flexibility index (Phi) is 4.11. The van der Waals surface area contributed by atoms with Crippen LogP contribution in [0.25, 0.3) is 0 Å². The lowest BCUT2D eigenvalue weighted by Crippen LogP contribution is -2.41. The standard InChI is InChI=1S/C17H18ClN3/c18-15-8-4-5-9-16(15)21-14(12-20-17(21)19)11-10-13-6-2-1-3-7-13/h1-9,14H,10-12H2,(H2,19,20). The monoisotopic (exact) mass is 299 g/mol. The number of hydrogen-bond donors (Lipinski definition) is 1. The molecule has 0 fully saturated rings. The molecule has 0 amide bonds. The molecule has 1 heterocycles. The van der Waals surface area contributed by atoms with Crippen molar-refractivity contribution in [2.75, 3.05) is 11.4 Å². The average Bonchev–Trinajstić information content (AvgIpc) is 2.88. The quantitative estimate of drug-likeness (QED) is 0.939. The van der Waals surface area contributed by atoms with Crippen molar-refractivity contribution >= 4 is 23.2 Å². The van der Waals surface area contributed by atoms with Crippen LogP contribution in [0.2, 0.25) is 5.02 Å². The number of rotatable bonds is 4. The summed E-state index contributed by atoms with van der Waals surface area (Å²) in [5, 5.41) is 0.710. The van der Waals surface area contributed by atoms with E-state index in [0.29, 0.717) is 11.0 Å². The second kappa shape index (κ2) is 6.19. The van der Waals surface area contributed by atoms with Gasteiger partial charge in [-0.2, -0.15) is 0 Å². The third kappa shape index (κ3) is 3.03. The van der Waals surface area contributed by atoms with Gasteiger partial charge in [0.05, 0.1) is 23.3 Å². The molecule has 1 atom stereocenters. The molecule has 1 unspecified atom stereocenters. The SMILES string of the molecule is NC1=NCC(CCc2ccccc2)N1c1ccccc1Cl. The van der Waals surface area contributed by atoms with E-state index in [1.54, 1.807) is 0 Å². The van der Waals surface area contributed by atoms with Crippen molar-refractivity contribution in [2.45, 2.75) is 18.9 Å². The van der Waals surface area contributed by atoms with Crippen LogP contribution < -0.4 is 10.6 Å². The van der Waals surface area contributed by atoms with Crippen LogP contribution in [0.1, 0.15) is 12.0 Å². The van der Waals surface area contributed by atoms with E-state index in [2.05, 4.69) is 34.2 Å². The van der Waals surface area contributed by atoms with E-state index >= 15 is 0 Å². The van der Waals surface area contributed by atoms with E-state index < -0.39 is 0 Å². The van der Waals surface area contributed by atoms with Gasteiger partial charge in [0.25, 0.3) is 0 Å². The van der Waals surface area contributed by atoms with E-state index in [1.807, 2.05) is 30.3 Å². The Morgan fingerprint density at radius 2 is 1.81 bits per heavy atom. The van der Waals surface area contributed by atoms with Crippen molar-refractivity contribution in [2.24, 2.45) is 10.7 Å². The number of anilines is 1. The van der Waals surface area contributed by atoms with E-state index in [0.717, 1.165) is 25.1 Å². The number of para-hydroxylation sites is 1. The number of nitrogens with zero attached hydrogens (tertiary/aromatic N) is 2. The van der Waals surface area contributed by atoms with E-state index in [-0.39, 0.29) is 6.04 Å². The van der Waals surface area contributed by atoms with Crippen LogP contribution >= 0.6 is 11.6 Å². The Bertz CT molecular complexity index is 639. The minimum absolute atomic E-state index is 0.269. The van der Waals surface area contributed by atoms with Gasteiger partial charge in [0, 0.05) is 0 Å². The van der Waals surface area contributed by atoms with Gasteiger partial charge in [-0.1, -0.05) is 54.1 Å². The van der Waals surface area contributed by atoms with Crippen LogP contribution in [0.4, 0.5) is 5.69 Å². The Balaban J connectivity index is 1.75. The number of aryl methyl sites for hydroxylation is 1. The van der Waals surface area contributed by atoms with E-state index in [9.17, 15) is 0 Å². The molecule has 108 valence electrons. The summed E-state index contributed by atoms with van der Waals surface area (Å²) in [7, 11) is 0. The zero-order valence-electron chi connectivity index (χ0n) is 11.7. The van der Waals surface area contributed by atoms with Crippen LogP contribution in [0.3, 0.4) is 0 Å². The molecule has 4 heteroatoms. The van der Waals surface area contributed by atoms with Crippen LogP contribution in [-0.2, 0) is 6.42 Å². The first kappa shape index (κ1) is 14.0. The lowest BCUT2D eigenvalue weighted by molar-refractivity contribution is 0.643. The lowest BCUT2D eigenvalue weighted by atomic mass is 10.0. The maximum atomic E-state index is 6.30. The molecule has 21 heavy (non-hydrogen) atoms. The minimum Gasteiger partial charge on any atom is -0.370 e. The van der Waals surface area contributed by atoms with Crippen LogP contribution in [0.5, 0.6) is 0 Å². The second-order valence-corrected chi connectivity index (χ2v) is 5.61. The first-order valence-corrected chi connectivity index (χ1v) is 7.51. The molecule has 1 aliphatic heterocycles. The smallest absolute Gasteiger partial charge is 0.196 e. The van der Waals surface area contributed by atoms with Gasteiger partial charge >= 0.3 is 0 Å². The first-order valence-electron chi connectivity index (χ1n) is 7.13. The molecule has 0 aromatic heterocycles. The Labute approximate surface area is 130 Å². The Hall–Kier alpha value is -2.00. The highest BCUT2D eigenvalue weighted by molar-refractivity contribution is 6.33. The molecule has 0 bridgehead atoms. The normalized spacial score (nSPS) is 17.9. The van der Waals surface area contributed by atoms with Gasteiger partial charge in [-0.3, -0.25) is 4.99 Å². The average molecular weight is 300 g/mol. The summed E-state index contributed by atoms with van der Waals surface area (Å²) in [5.74, 6) is 0.557. The molecule has 0 spiro atoms. The fourth-order valence-electron chi connectivity index (χ4n) is 2.71. The molecular weight excluding hydrogens is 282 g/mol. The van der Waals surface area contributed by atoms with Gasteiger partial charge in [0.1, 0.15) is 0 Å². The maximum absolute atomic E-state index is 6.30. The highest BCUT2D eigenvalue weighted by Gasteiger charge is 2.28. The summed E-state index contributed by atoms with van der Waals surface area (Å²) in [6.07, 6.45) is 2.01. The molecular formula is C17H18ClN3. The van der Waals surface area contributed by atoms with Gasteiger partial charge < -0.3 is 10.6 Å². The molecule has 0 radical (unpaired) electrons. The van der Waals surface area contributed by atoms with E-state index in [4.69, 9.17) is 17.3 Å². The summed E-state index contributed by atoms with van der Waals surface area (Å²) in [4.78, 5) is 6.45. The Morgan fingerprint density at radius 3 is 2.57 bits per heavy atom. The molecule has 2 aromatic rings. The van der Waals surface area contributed by atoms with Crippen molar-refractivity contribution < 1.29 is 0 Å². The maximum Gasteiger partial charge on any atom is 0.196 e. The molecule has 3 nitrogen and oxygen atoms in total. The fraction of sp³-hybridized carbons (Fsp3) is 0.235. The number of guanidine groups is 1. The van der Waals surface area contributed by atoms with Gasteiger partial charge in [-0.05, 0) is 30.5 Å². The summed E-state index contributed by atoms with van der Waals surface area (Å²) in [6, 6.07) is 18.5. The molecule has 3 rings (SSSR count). The van der Waals surface area contributed by atoms with Gasteiger partial charge in [-0.15, -0.1) is 0 Å². The minimum atomic E-state index is 0.269. The van der Waals surface area contributed by atoms with Crippen molar-refractivity contribution in [3.05, 3.63) is 65.2 Å². The summed E-state index contributed by atoms with van der Waals surface area (Å²) < 4.78 is 0. The largest absolute Gasteiger partial charge is 0.370 e. The number of hydrogen-bond acceptors (Lipinski definition) is 3. The molecule has 2 N–H and O–H groups in total. The van der Waals surface area contributed by atoms with Crippen molar-refractivity contribution in [1.29, 1.82) is 0 Å². The van der Waals surface area contributed by atoms with E-state index in [1.165, 1.54) is 5.56 Å². The van der Waals surface area contributed by atoms with Crippen LogP contribution in [-0.4, -0.2) is 18.5 Å². The number of aliphatic imine (C=N–C) groups is 1. The predicted molar refractivity (Wildman–Crippen MR) is 89.0 cm³/mol. The molecule has 0 aliphatic carbocycles. The number of benzene rings is 2. The van der Waals surface area contributed by atoms with Gasteiger partial charge in [0.15, 0.2) is 5.96 Å². The van der Waals surface area contributed by atoms with Crippen LogP contribution in [0.15, 0.2) is 59.6 Å². The van der Waals surface area contributed by atoms with Crippen molar-refractivity contribution in [3.63, 3.8) is 0 Å². The number of halogens is 1. The number of nitrogens with two attached hydrogens (primary N) is 1. The van der Waals surface area contributed by atoms with Crippen LogP contribution in [0, 0.1) is 0 Å². The first-order chi connectivity index (χ1) is 10.3. The van der Waals surface area contributed by atoms with Gasteiger partial charge in [-0.25, -0.2) is 0 Å². The summed E-state index contributed by atoms with van der Waals surface area (Å²) in [5.41, 5.74) is 8.33. The molecule has 1 aliphatic rings. The summed E-state index contributed by atoms with van der Waals surface area (Å²) in [6.45, 7) is 0.726. The Morgan fingerprint density at radius 1 is 1.10 bits per heavy atom. The third-order valence-corrected chi connectivity index (χ3v) is 4.12. The fourth-order valence-corrected chi connectivity index (χ4v) is 2.94. The highest BCUT2D eigenvalue weighted by Crippen LogP contribution is 2.30. The lowest BCUT2D eigenvalue weighted by Gasteiger charge is -2.27. The van der Waals surface area contributed by atoms with Crippen molar-refractivity contribution in [1.82, 2.24) is 0 Å². The van der Waals surface area contributed by atoms with Crippen molar-refractivity contribution in [3.8, 4) is 0 Å². The predicted octanol–water partition coefficient (Wildman–Crippen LogP) is 3.48. The van der Waals surface area contributed by atoms with Gasteiger partial charge in [0.2, 0.25) is 0 Å². The topological polar surface area (TPSA) is 41.6 Å².